The van der Waals surface area contributed by atoms with Crippen LogP contribution in [-0.4, -0.2) is 19.3 Å². The molecule has 0 bridgehead atoms. The molecule has 0 amide bonds. The van der Waals surface area contributed by atoms with Gasteiger partial charge in [0.2, 0.25) is 0 Å². The second-order valence-electron chi connectivity index (χ2n) is 5.38. The number of ether oxygens (including phenoxy) is 2. The highest BCUT2D eigenvalue weighted by atomic mass is 79.9. The first-order valence-corrected chi connectivity index (χ1v) is 7.61. The van der Waals surface area contributed by atoms with Gasteiger partial charge in [0.15, 0.2) is 0 Å². The summed E-state index contributed by atoms with van der Waals surface area (Å²) in [5, 5.41) is 0. The van der Waals surface area contributed by atoms with Gasteiger partial charge in [-0.15, -0.1) is 0 Å². The molecule has 2 rings (SSSR count). The van der Waals surface area contributed by atoms with Gasteiger partial charge in [0, 0.05) is 5.54 Å². The second kappa shape index (κ2) is 6.73. The first-order valence-electron chi connectivity index (χ1n) is 6.82. The lowest BCUT2D eigenvalue weighted by Crippen LogP contribution is -2.46. The average Bonchev–Trinajstić information content (AvgIpc) is 2.39. The van der Waals surface area contributed by atoms with Gasteiger partial charge in [-0.25, -0.2) is 0 Å². The van der Waals surface area contributed by atoms with Gasteiger partial charge in [-0.2, -0.15) is 0 Å². The van der Waals surface area contributed by atoms with Crippen molar-refractivity contribution >= 4 is 15.9 Å². The fraction of sp³-hybridized carbons (Fsp3) is 0.600. The lowest BCUT2D eigenvalue weighted by atomic mass is 9.83. The van der Waals surface area contributed by atoms with E-state index in [0.717, 1.165) is 28.6 Å². The predicted octanol–water partition coefficient (Wildman–Crippen LogP) is 3.64. The van der Waals surface area contributed by atoms with Gasteiger partial charge < -0.3 is 15.2 Å². The summed E-state index contributed by atoms with van der Waals surface area (Å²) >= 11 is 3.48. The van der Waals surface area contributed by atoms with Crippen molar-refractivity contribution < 1.29 is 9.47 Å². The summed E-state index contributed by atoms with van der Waals surface area (Å²) < 4.78 is 12.0. The second-order valence-corrected chi connectivity index (χ2v) is 6.24. The fourth-order valence-corrected chi connectivity index (χ4v) is 3.16. The van der Waals surface area contributed by atoms with Gasteiger partial charge in [0.1, 0.15) is 5.75 Å². The number of nitrogens with two attached hydrogens (primary N) is 1. The van der Waals surface area contributed by atoms with Crippen molar-refractivity contribution in [3.63, 3.8) is 0 Å². The van der Waals surface area contributed by atoms with Crippen LogP contribution in [0.1, 0.15) is 37.7 Å². The van der Waals surface area contributed by atoms with Crippen molar-refractivity contribution in [3.05, 3.63) is 28.2 Å². The average molecular weight is 328 g/mol. The number of rotatable bonds is 5. The maximum Gasteiger partial charge on any atom is 0.133 e. The van der Waals surface area contributed by atoms with Crippen LogP contribution in [0.3, 0.4) is 0 Å². The molecule has 4 heteroatoms. The normalized spacial score (nSPS) is 18.3. The van der Waals surface area contributed by atoms with E-state index in [-0.39, 0.29) is 5.54 Å². The molecule has 1 aromatic rings. The van der Waals surface area contributed by atoms with Gasteiger partial charge in [0.25, 0.3) is 0 Å². The zero-order valence-corrected chi connectivity index (χ0v) is 13.0. The molecular weight excluding hydrogens is 306 g/mol. The smallest absolute Gasteiger partial charge is 0.133 e. The molecular formula is C15H22BrNO2. The number of hydrogen-bond acceptors (Lipinski definition) is 3. The van der Waals surface area contributed by atoms with E-state index in [9.17, 15) is 0 Å². The lowest BCUT2D eigenvalue weighted by Gasteiger charge is -2.33. The minimum absolute atomic E-state index is 0.109. The van der Waals surface area contributed by atoms with Crippen LogP contribution in [0.4, 0.5) is 0 Å². The summed E-state index contributed by atoms with van der Waals surface area (Å²) in [6.45, 7) is 1.25. The van der Waals surface area contributed by atoms with Crippen LogP contribution < -0.4 is 10.5 Å². The fourth-order valence-electron chi connectivity index (χ4n) is 2.57. The van der Waals surface area contributed by atoms with Gasteiger partial charge >= 0.3 is 0 Å². The topological polar surface area (TPSA) is 44.5 Å². The Hall–Kier alpha value is -0.580. The summed E-state index contributed by atoms with van der Waals surface area (Å²) in [6.07, 6.45) is 5.94. The first-order chi connectivity index (χ1) is 9.13. The number of halogens is 1. The van der Waals surface area contributed by atoms with Crippen molar-refractivity contribution in [1.29, 1.82) is 0 Å². The highest BCUT2D eigenvalue weighted by Gasteiger charge is 2.27. The van der Waals surface area contributed by atoms with E-state index in [1.807, 2.05) is 18.2 Å². The quantitative estimate of drug-likeness (QED) is 0.897. The van der Waals surface area contributed by atoms with Crippen molar-refractivity contribution in [2.24, 2.45) is 5.73 Å². The molecule has 19 heavy (non-hydrogen) atoms. The van der Waals surface area contributed by atoms with E-state index in [2.05, 4.69) is 15.9 Å². The van der Waals surface area contributed by atoms with Crippen LogP contribution in [0.5, 0.6) is 5.75 Å². The molecule has 1 aliphatic rings. The molecule has 0 heterocycles. The third-order valence-corrected chi connectivity index (χ3v) is 4.34. The minimum Gasteiger partial charge on any atom is -0.496 e. The molecule has 1 aromatic carbocycles. The SMILES string of the molecule is COc1ccc(COCC2(N)CCCCC2)cc1Br. The molecule has 0 radical (unpaired) electrons. The molecule has 0 aliphatic heterocycles. The Labute approximate surface area is 123 Å². The zero-order chi connectivity index (χ0) is 13.7. The van der Waals surface area contributed by atoms with Gasteiger partial charge in [-0.05, 0) is 46.5 Å². The third-order valence-electron chi connectivity index (χ3n) is 3.72. The van der Waals surface area contributed by atoms with Crippen molar-refractivity contribution in [2.75, 3.05) is 13.7 Å². The summed E-state index contributed by atoms with van der Waals surface area (Å²) in [6, 6.07) is 6.00. The molecule has 1 saturated carbocycles. The molecule has 0 atom stereocenters. The van der Waals surface area contributed by atoms with Crippen molar-refractivity contribution in [1.82, 2.24) is 0 Å². The monoisotopic (exact) mass is 327 g/mol. The van der Waals surface area contributed by atoms with E-state index in [1.54, 1.807) is 7.11 Å². The van der Waals surface area contributed by atoms with Gasteiger partial charge in [-0.1, -0.05) is 25.3 Å². The van der Waals surface area contributed by atoms with E-state index in [4.69, 9.17) is 15.2 Å². The number of methoxy groups -OCH3 is 1. The molecule has 106 valence electrons. The van der Waals surface area contributed by atoms with Gasteiger partial charge in [-0.3, -0.25) is 0 Å². The molecule has 0 aromatic heterocycles. The Kier molecular flexibility index (Phi) is 5.25. The highest BCUT2D eigenvalue weighted by molar-refractivity contribution is 9.10. The Morgan fingerprint density at radius 2 is 2.00 bits per heavy atom. The summed E-state index contributed by atoms with van der Waals surface area (Å²) in [5.74, 6) is 0.839. The van der Waals surface area contributed by atoms with E-state index < -0.39 is 0 Å². The van der Waals surface area contributed by atoms with Crippen LogP contribution in [0.2, 0.25) is 0 Å². The number of hydrogen-bond donors (Lipinski definition) is 1. The standard InChI is InChI=1S/C15H22BrNO2/c1-18-14-6-5-12(9-13(14)16)10-19-11-15(17)7-3-2-4-8-15/h5-6,9H,2-4,7-8,10-11,17H2,1H3. The van der Waals surface area contributed by atoms with Crippen LogP contribution >= 0.6 is 15.9 Å². The molecule has 2 N–H and O–H groups in total. The summed E-state index contributed by atoms with van der Waals surface area (Å²) in [7, 11) is 1.66. The first kappa shape index (κ1) is 14.8. The number of benzene rings is 1. The van der Waals surface area contributed by atoms with E-state index >= 15 is 0 Å². The molecule has 0 saturated heterocycles. The predicted molar refractivity (Wildman–Crippen MR) is 80.4 cm³/mol. The summed E-state index contributed by atoms with van der Waals surface area (Å²) in [5.41, 5.74) is 7.37. The molecule has 0 spiro atoms. The Morgan fingerprint density at radius 1 is 1.26 bits per heavy atom. The largest absolute Gasteiger partial charge is 0.496 e. The molecule has 1 fully saturated rings. The van der Waals surface area contributed by atoms with E-state index in [0.29, 0.717) is 13.2 Å². The van der Waals surface area contributed by atoms with Crippen LogP contribution in [-0.2, 0) is 11.3 Å². The lowest BCUT2D eigenvalue weighted by molar-refractivity contribution is 0.0574. The molecule has 3 nitrogen and oxygen atoms in total. The molecule has 1 aliphatic carbocycles. The zero-order valence-electron chi connectivity index (χ0n) is 11.5. The van der Waals surface area contributed by atoms with Crippen LogP contribution in [0.15, 0.2) is 22.7 Å². The minimum atomic E-state index is -0.109. The Bertz CT molecular complexity index is 417. The van der Waals surface area contributed by atoms with Gasteiger partial charge in [0.05, 0.1) is 24.8 Å². The Balaban J connectivity index is 1.83. The highest BCUT2D eigenvalue weighted by Crippen LogP contribution is 2.28. The van der Waals surface area contributed by atoms with Crippen molar-refractivity contribution in [3.8, 4) is 5.75 Å². The van der Waals surface area contributed by atoms with Crippen molar-refractivity contribution in [2.45, 2.75) is 44.2 Å². The van der Waals surface area contributed by atoms with E-state index in [1.165, 1.54) is 19.3 Å². The van der Waals surface area contributed by atoms with Crippen LogP contribution in [0.25, 0.3) is 0 Å². The third kappa shape index (κ3) is 4.20. The maximum atomic E-state index is 6.34. The molecule has 0 unspecified atom stereocenters. The maximum absolute atomic E-state index is 6.34. The Morgan fingerprint density at radius 3 is 2.63 bits per heavy atom. The summed E-state index contributed by atoms with van der Waals surface area (Å²) in [4.78, 5) is 0. The van der Waals surface area contributed by atoms with Crippen LogP contribution in [0, 0.1) is 0 Å².